The van der Waals surface area contributed by atoms with Gasteiger partial charge >= 0.3 is 5.97 Å². The zero-order valence-corrected chi connectivity index (χ0v) is 14.0. The van der Waals surface area contributed by atoms with Crippen molar-refractivity contribution in [3.8, 4) is 0 Å². The highest BCUT2D eigenvalue weighted by Gasteiger charge is 2.22. The molecule has 3 nitrogen and oxygen atoms in total. The molecule has 0 aliphatic heterocycles. The van der Waals surface area contributed by atoms with E-state index in [1.54, 1.807) is 45.0 Å². The topological polar surface area (TPSA) is 39.2 Å². The second kappa shape index (κ2) is 6.67. The summed E-state index contributed by atoms with van der Waals surface area (Å²) in [4.78, 5) is 17.7. The molecule has 1 aromatic heterocycles. The number of carbonyl (C=O) groups is 1. The van der Waals surface area contributed by atoms with Crippen LogP contribution in [0, 0.1) is 5.82 Å². The van der Waals surface area contributed by atoms with Gasteiger partial charge in [-0.15, -0.1) is 0 Å². The number of nitrogens with zero attached hydrogens (tertiary/aromatic N) is 1. The number of rotatable bonds is 3. The first kappa shape index (κ1) is 16.8. The van der Waals surface area contributed by atoms with Gasteiger partial charge in [0.25, 0.3) is 0 Å². The Morgan fingerprint density at radius 1 is 1.18 bits per heavy atom. The Morgan fingerprint density at radius 3 is 2.41 bits per heavy atom. The Hall–Kier alpha value is -1.59. The van der Waals surface area contributed by atoms with Crippen LogP contribution in [0.15, 0.2) is 46.2 Å². The molecule has 0 aliphatic rings. The van der Waals surface area contributed by atoms with Gasteiger partial charge in [0.05, 0.1) is 0 Å². The van der Waals surface area contributed by atoms with E-state index in [2.05, 4.69) is 4.98 Å². The number of ether oxygens (including phenoxy) is 1. The van der Waals surface area contributed by atoms with E-state index in [4.69, 9.17) is 16.3 Å². The molecule has 6 heteroatoms. The van der Waals surface area contributed by atoms with Gasteiger partial charge in [-0.05, 0) is 57.2 Å². The van der Waals surface area contributed by atoms with E-state index in [9.17, 15) is 9.18 Å². The van der Waals surface area contributed by atoms with Crippen LogP contribution in [0.3, 0.4) is 0 Å². The average Bonchev–Trinajstić information content (AvgIpc) is 2.41. The summed E-state index contributed by atoms with van der Waals surface area (Å²) < 4.78 is 18.3. The summed E-state index contributed by atoms with van der Waals surface area (Å²) in [6.07, 6.45) is 0. The number of hydrogen-bond donors (Lipinski definition) is 0. The maximum absolute atomic E-state index is 13.0. The van der Waals surface area contributed by atoms with E-state index in [-0.39, 0.29) is 16.7 Å². The van der Waals surface area contributed by atoms with Crippen molar-refractivity contribution in [2.24, 2.45) is 0 Å². The van der Waals surface area contributed by atoms with Crippen LogP contribution >= 0.6 is 23.4 Å². The smallest absolute Gasteiger partial charge is 0.358 e. The number of pyridine rings is 1. The monoisotopic (exact) mass is 339 g/mol. The van der Waals surface area contributed by atoms with Crippen molar-refractivity contribution in [3.05, 3.63) is 53.1 Å². The van der Waals surface area contributed by atoms with Crippen molar-refractivity contribution in [3.63, 3.8) is 0 Å². The lowest BCUT2D eigenvalue weighted by Crippen LogP contribution is -2.24. The second-order valence-electron chi connectivity index (χ2n) is 5.54. The van der Waals surface area contributed by atoms with Crippen molar-refractivity contribution in [1.82, 2.24) is 4.98 Å². The quantitative estimate of drug-likeness (QED) is 0.584. The molecule has 0 spiro atoms. The third-order valence-electron chi connectivity index (χ3n) is 2.46. The minimum atomic E-state index is -0.626. The predicted octanol–water partition coefficient (Wildman–Crippen LogP) is 4.98. The van der Waals surface area contributed by atoms with Crippen molar-refractivity contribution in [1.29, 1.82) is 0 Å². The fourth-order valence-corrected chi connectivity index (χ4v) is 2.64. The molecule has 2 rings (SSSR count). The Morgan fingerprint density at radius 2 is 1.82 bits per heavy atom. The average molecular weight is 340 g/mol. The van der Waals surface area contributed by atoms with Crippen LogP contribution in [0.25, 0.3) is 0 Å². The van der Waals surface area contributed by atoms with E-state index >= 15 is 0 Å². The summed E-state index contributed by atoms with van der Waals surface area (Å²) in [5.74, 6) is -0.856. The van der Waals surface area contributed by atoms with Crippen LogP contribution < -0.4 is 0 Å². The van der Waals surface area contributed by atoms with Gasteiger partial charge in [-0.3, -0.25) is 0 Å². The Bertz CT molecular complexity index is 684. The molecule has 0 atom stereocenters. The number of benzene rings is 1. The molecule has 0 fully saturated rings. The Labute approximate surface area is 137 Å². The van der Waals surface area contributed by atoms with Gasteiger partial charge in [-0.25, -0.2) is 14.2 Å². The molecule has 0 radical (unpaired) electrons. The molecule has 1 aromatic carbocycles. The van der Waals surface area contributed by atoms with E-state index < -0.39 is 11.6 Å². The zero-order chi connectivity index (χ0) is 16.3. The second-order valence-corrected chi connectivity index (χ2v) is 7.04. The molecule has 22 heavy (non-hydrogen) atoms. The Kier molecular flexibility index (Phi) is 5.08. The van der Waals surface area contributed by atoms with Crippen LogP contribution in [0.1, 0.15) is 31.3 Å². The molecule has 0 saturated carbocycles. The van der Waals surface area contributed by atoms with Crippen LogP contribution in [0.4, 0.5) is 4.39 Å². The lowest BCUT2D eigenvalue weighted by molar-refractivity contribution is 0.00585. The van der Waals surface area contributed by atoms with Gasteiger partial charge < -0.3 is 4.74 Å². The van der Waals surface area contributed by atoms with E-state index in [0.717, 1.165) is 4.90 Å². The highest BCUT2D eigenvalue weighted by atomic mass is 35.5. The van der Waals surface area contributed by atoms with Crippen molar-refractivity contribution in [2.45, 2.75) is 36.2 Å². The van der Waals surface area contributed by atoms with E-state index in [1.165, 1.54) is 23.9 Å². The molecule has 0 N–H and O–H groups in total. The fraction of sp³-hybridized carbons (Fsp3) is 0.250. The first-order valence-corrected chi connectivity index (χ1v) is 7.77. The first-order valence-electron chi connectivity index (χ1n) is 6.58. The summed E-state index contributed by atoms with van der Waals surface area (Å²) >= 11 is 7.18. The highest BCUT2D eigenvalue weighted by molar-refractivity contribution is 7.99. The number of halogens is 2. The van der Waals surface area contributed by atoms with Crippen LogP contribution in [-0.2, 0) is 4.74 Å². The van der Waals surface area contributed by atoms with Gasteiger partial charge in [0.1, 0.15) is 16.6 Å². The largest absolute Gasteiger partial charge is 0.455 e. The van der Waals surface area contributed by atoms with Gasteiger partial charge in [0.2, 0.25) is 0 Å². The lowest BCUT2D eigenvalue weighted by Gasteiger charge is -2.20. The number of carbonyl (C=O) groups excluding carboxylic acids is 1. The molecule has 0 unspecified atom stereocenters. The summed E-state index contributed by atoms with van der Waals surface area (Å²) in [6.45, 7) is 5.34. The normalized spacial score (nSPS) is 11.3. The molecule has 0 aliphatic carbocycles. The molecule has 0 saturated heterocycles. The van der Waals surface area contributed by atoms with Crippen molar-refractivity contribution < 1.29 is 13.9 Å². The standard InChI is InChI=1S/C16H15ClFNO2S/c1-16(2,3)21-15(20)14-12(8-9-13(17)19-14)22-11-6-4-10(18)5-7-11/h4-9H,1-3H3. The maximum atomic E-state index is 13.0. The van der Waals surface area contributed by atoms with Crippen molar-refractivity contribution >= 4 is 29.3 Å². The SMILES string of the molecule is CC(C)(C)OC(=O)c1nc(Cl)ccc1Sc1ccc(F)cc1. The zero-order valence-electron chi connectivity index (χ0n) is 12.4. The minimum Gasteiger partial charge on any atom is -0.455 e. The molecule has 2 aromatic rings. The van der Waals surface area contributed by atoms with E-state index in [0.29, 0.717) is 4.90 Å². The minimum absolute atomic E-state index is 0.150. The summed E-state index contributed by atoms with van der Waals surface area (Å²) in [7, 11) is 0. The van der Waals surface area contributed by atoms with E-state index in [1.807, 2.05) is 0 Å². The number of esters is 1. The van der Waals surface area contributed by atoms with Gasteiger partial charge in [0.15, 0.2) is 5.69 Å². The fourth-order valence-electron chi connectivity index (χ4n) is 1.61. The summed E-state index contributed by atoms with van der Waals surface area (Å²) in [5, 5.41) is 0.212. The number of aromatic nitrogens is 1. The summed E-state index contributed by atoms with van der Waals surface area (Å²) in [5.41, 5.74) is -0.476. The summed E-state index contributed by atoms with van der Waals surface area (Å²) in [6, 6.07) is 9.28. The third kappa shape index (κ3) is 4.71. The maximum Gasteiger partial charge on any atom is 0.358 e. The van der Waals surface area contributed by atoms with Crippen LogP contribution in [0.5, 0.6) is 0 Å². The van der Waals surface area contributed by atoms with Gasteiger partial charge in [-0.1, -0.05) is 23.4 Å². The molecular formula is C16H15ClFNO2S. The highest BCUT2D eigenvalue weighted by Crippen LogP contribution is 2.31. The van der Waals surface area contributed by atoms with Gasteiger partial charge in [-0.2, -0.15) is 0 Å². The first-order chi connectivity index (χ1) is 10.2. The van der Waals surface area contributed by atoms with Crippen molar-refractivity contribution in [2.75, 3.05) is 0 Å². The predicted molar refractivity (Wildman–Crippen MR) is 84.9 cm³/mol. The molecule has 116 valence electrons. The number of hydrogen-bond acceptors (Lipinski definition) is 4. The molecular weight excluding hydrogens is 325 g/mol. The molecule has 0 bridgehead atoms. The lowest BCUT2D eigenvalue weighted by atomic mass is 10.2. The third-order valence-corrected chi connectivity index (χ3v) is 3.73. The van der Waals surface area contributed by atoms with Gasteiger partial charge in [0, 0.05) is 9.79 Å². The molecule has 1 heterocycles. The van der Waals surface area contributed by atoms with Crippen LogP contribution in [-0.4, -0.2) is 16.6 Å². The molecule has 0 amide bonds. The van der Waals surface area contributed by atoms with Crippen LogP contribution in [0.2, 0.25) is 5.15 Å². The Balaban J connectivity index is 2.31.